The van der Waals surface area contributed by atoms with Gasteiger partial charge in [-0.25, -0.2) is 0 Å². The fourth-order valence-electron chi connectivity index (χ4n) is 6.51. The number of amides is 3. The van der Waals surface area contributed by atoms with Crippen LogP contribution >= 0.6 is 23.4 Å². The second-order valence-electron chi connectivity index (χ2n) is 10.3. The Kier molecular flexibility index (Phi) is 7.07. The summed E-state index contributed by atoms with van der Waals surface area (Å²) in [7, 11) is 0. The van der Waals surface area contributed by atoms with Crippen LogP contribution in [0, 0.1) is 17.8 Å². The zero-order chi connectivity index (χ0) is 24.4. The number of carbonyl (C=O) groups excluding carboxylic acids is 3. The summed E-state index contributed by atoms with van der Waals surface area (Å²) in [5.41, 5.74) is 1.05. The molecule has 4 saturated carbocycles. The number of nitrogens with one attached hydrogen (secondary N) is 3. The third-order valence-electron chi connectivity index (χ3n) is 7.47. The van der Waals surface area contributed by atoms with Crippen molar-refractivity contribution in [2.24, 2.45) is 17.8 Å². The SMILES string of the molecule is O=C(CNC(=O)c1ccccc1SCC(=O)NC12CC3CC(CC(C3)C1)C2)Nc1ccc(Cl)cc1. The molecule has 4 aliphatic rings. The van der Waals surface area contributed by atoms with Gasteiger partial charge in [-0.05, 0) is 92.7 Å². The van der Waals surface area contributed by atoms with Crippen molar-refractivity contribution in [2.45, 2.75) is 49.0 Å². The topological polar surface area (TPSA) is 87.3 Å². The molecule has 8 heteroatoms. The number of benzene rings is 2. The van der Waals surface area contributed by atoms with Crippen molar-refractivity contribution >= 4 is 46.8 Å². The summed E-state index contributed by atoms with van der Waals surface area (Å²) in [6, 6.07) is 13.9. The Morgan fingerprint density at radius 3 is 2.17 bits per heavy atom. The number of thioether (sulfide) groups is 1. The number of halogens is 1. The molecule has 0 unspecified atom stereocenters. The molecule has 4 aliphatic carbocycles. The van der Waals surface area contributed by atoms with E-state index in [1.54, 1.807) is 36.4 Å². The molecule has 4 fully saturated rings. The lowest BCUT2D eigenvalue weighted by Crippen LogP contribution is -2.60. The summed E-state index contributed by atoms with van der Waals surface area (Å²) in [5, 5.41) is 9.36. The molecular weight excluding hydrogens is 482 g/mol. The summed E-state index contributed by atoms with van der Waals surface area (Å²) >= 11 is 7.23. The smallest absolute Gasteiger partial charge is 0.252 e. The van der Waals surface area contributed by atoms with E-state index in [9.17, 15) is 14.4 Å². The third-order valence-corrected chi connectivity index (χ3v) is 8.80. The molecule has 0 spiro atoms. The first-order chi connectivity index (χ1) is 16.9. The van der Waals surface area contributed by atoms with Crippen LogP contribution in [0.2, 0.25) is 5.02 Å². The highest BCUT2D eigenvalue weighted by atomic mass is 35.5. The van der Waals surface area contributed by atoms with Crippen LogP contribution in [-0.4, -0.2) is 35.6 Å². The summed E-state index contributed by atoms with van der Waals surface area (Å²) in [6.45, 7) is -0.160. The van der Waals surface area contributed by atoms with Crippen molar-refractivity contribution in [1.29, 1.82) is 0 Å². The third kappa shape index (κ3) is 5.84. The lowest BCUT2D eigenvalue weighted by atomic mass is 9.53. The molecule has 4 bridgehead atoms. The van der Waals surface area contributed by atoms with Gasteiger partial charge >= 0.3 is 0 Å². The van der Waals surface area contributed by atoms with Crippen LogP contribution in [0.25, 0.3) is 0 Å². The van der Waals surface area contributed by atoms with Crippen molar-refractivity contribution in [2.75, 3.05) is 17.6 Å². The van der Waals surface area contributed by atoms with Gasteiger partial charge in [0.2, 0.25) is 11.8 Å². The minimum atomic E-state index is -0.346. The molecule has 6 rings (SSSR count). The lowest BCUT2D eigenvalue weighted by molar-refractivity contribution is -0.124. The van der Waals surface area contributed by atoms with E-state index in [-0.39, 0.29) is 35.6 Å². The van der Waals surface area contributed by atoms with Crippen LogP contribution < -0.4 is 16.0 Å². The molecule has 0 heterocycles. The van der Waals surface area contributed by atoms with E-state index in [2.05, 4.69) is 16.0 Å². The molecular formula is C27H30ClN3O3S. The number of carbonyl (C=O) groups is 3. The molecule has 6 nitrogen and oxygen atoms in total. The average Bonchev–Trinajstić information content (AvgIpc) is 2.82. The quantitative estimate of drug-likeness (QED) is 0.440. The summed E-state index contributed by atoms with van der Waals surface area (Å²) in [6.07, 6.45) is 7.36. The Labute approximate surface area is 215 Å². The van der Waals surface area contributed by atoms with Gasteiger partial charge in [0.25, 0.3) is 5.91 Å². The van der Waals surface area contributed by atoms with E-state index >= 15 is 0 Å². The minimum absolute atomic E-state index is 0.0132. The van der Waals surface area contributed by atoms with E-state index in [1.807, 2.05) is 12.1 Å². The van der Waals surface area contributed by atoms with Gasteiger partial charge in [-0.2, -0.15) is 0 Å². The van der Waals surface area contributed by atoms with Crippen molar-refractivity contribution in [1.82, 2.24) is 10.6 Å². The standard InChI is InChI=1S/C27H30ClN3O3S/c28-20-5-7-21(8-6-20)30-24(32)15-29-26(34)22-3-1-2-4-23(22)35-16-25(33)31-27-12-17-9-18(13-27)11-19(10-17)14-27/h1-8,17-19H,9-16H2,(H,29,34)(H,30,32)(H,31,33). The molecule has 0 saturated heterocycles. The van der Waals surface area contributed by atoms with E-state index < -0.39 is 0 Å². The molecule has 2 aromatic carbocycles. The zero-order valence-electron chi connectivity index (χ0n) is 19.5. The van der Waals surface area contributed by atoms with Crippen LogP contribution in [0.15, 0.2) is 53.4 Å². The van der Waals surface area contributed by atoms with Gasteiger partial charge in [0.1, 0.15) is 0 Å². The normalized spacial score (nSPS) is 26.3. The average molecular weight is 512 g/mol. The summed E-state index contributed by atoms with van der Waals surface area (Å²) in [5.74, 6) is 1.95. The van der Waals surface area contributed by atoms with Gasteiger partial charge in [0.15, 0.2) is 0 Å². The first-order valence-corrected chi connectivity index (χ1v) is 13.6. The number of hydrogen-bond acceptors (Lipinski definition) is 4. The Bertz CT molecular complexity index is 1090. The number of hydrogen-bond donors (Lipinski definition) is 3. The molecule has 3 amide bonds. The van der Waals surface area contributed by atoms with Gasteiger partial charge in [0.05, 0.1) is 17.9 Å². The molecule has 0 aromatic heterocycles. The highest BCUT2D eigenvalue weighted by molar-refractivity contribution is 8.00. The van der Waals surface area contributed by atoms with Gasteiger partial charge in [-0.3, -0.25) is 14.4 Å². The van der Waals surface area contributed by atoms with E-state index in [1.165, 1.54) is 31.0 Å². The van der Waals surface area contributed by atoms with Gasteiger partial charge < -0.3 is 16.0 Å². The highest BCUT2D eigenvalue weighted by Crippen LogP contribution is 2.55. The van der Waals surface area contributed by atoms with Crippen molar-refractivity contribution in [3.63, 3.8) is 0 Å². The first-order valence-electron chi connectivity index (χ1n) is 12.2. The van der Waals surface area contributed by atoms with Crippen molar-refractivity contribution < 1.29 is 14.4 Å². The lowest BCUT2D eigenvalue weighted by Gasteiger charge is -2.56. The predicted molar refractivity (Wildman–Crippen MR) is 139 cm³/mol. The molecule has 2 aromatic rings. The fraction of sp³-hybridized carbons (Fsp3) is 0.444. The Morgan fingerprint density at radius 1 is 0.886 bits per heavy atom. The Hall–Kier alpha value is -2.51. The highest BCUT2D eigenvalue weighted by Gasteiger charge is 2.51. The second kappa shape index (κ2) is 10.2. The maximum absolute atomic E-state index is 12.9. The summed E-state index contributed by atoms with van der Waals surface area (Å²) in [4.78, 5) is 38.6. The van der Waals surface area contributed by atoms with Crippen LogP contribution in [0.4, 0.5) is 5.69 Å². The maximum Gasteiger partial charge on any atom is 0.252 e. The largest absolute Gasteiger partial charge is 0.350 e. The fourth-order valence-corrected chi connectivity index (χ4v) is 7.49. The molecule has 35 heavy (non-hydrogen) atoms. The van der Waals surface area contributed by atoms with Crippen LogP contribution in [0.3, 0.4) is 0 Å². The van der Waals surface area contributed by atoms with Crippen LogP contribution in [0.1, 0.15) is 48.9 Å². The van der Waals surface area contributed by atoms with Crippen molar-refractivity contribution in [3.8, 4) is 0 Å². The number of rotatable bonds is 8. The van der Waals surface area contributed by atoms with Gasteiger partial charge in [0, 0.05) is 21.1 Å². The molecule has 0 aliphatic heterocycles. The maximum atomic E-state index is 12.9. The van der Waals surface area contributed by atoms with Gasteiger partial charge in [-0.1, -0.05) is 23.7 Å². The van der Waals surface area contributed by atoms with Crippen molar-refractivity contribution in [3.05, 3.63) is 59.1 Å². The molecule has 0 atom stereocenters. The molecule has 3 N–H and O–H groups in total. The molecule has 184 valence electrons. The minimum Gasteiger partial charge on any atom is -0.350 e. The van der Waals surface area contributed by atoms with E-state index in [4.69, 9.17) is 11.6 Å². The monoisotopic (exact) mass is 511 g/mol. The Balaban J connectivity index is 1.13. The van der Waals surface area contributed by atoms with Crippen LogP contribution in [0.5, 0.6) is 0 Å². The van der Waals surface area contributed by atoms with E-state index in [0.29, 0.717) is 16.3 Å². The first kappa shape index (κ1) is 24.2. The second-order valence-corrected chi connectivity index (χ2v) is 11.7. The predicted octanol–water partition coefficient (Wildman–Crippen LogP) is 4.89. The van der Waals surface area contributed by atoms with E-state index in [0.717, 1.165) is 41.9 Å². The number of anilines is 1. The van der Waals surface area contributed by atoms with Gasteiger partial charge in [-0.15, -0.1) is 11.8 Å². The summed E-state index contributed by atoms with van der Waals surface area (Å²) < 4.78 is 0. The van der Waals surface area contributed by atoms with Crippen LogP contribution in [-0.2, 0) is 9.59 Å². The Morgan fingerprint density at radius 2 is 1.51 bits per heavy atom. The molecule has 0 radical (unpaired) electrons. The zero-order valence-corrected chi connectivity index (χ0v) is 21.1.